The zero-order chi connectivity index (χ0) is 27.5. The standard InChI is InChI=1S/C22H31F3N6O5/c1-20(2,3)14(28-19(36)22(23,24)25)18(35)31-8-10-11(21(10,4)5)13(31)17(34)27-12(15(26)32)9-7-30(6)29-16(9)33/h7,10-14H,8H2,1-6H3,(H2,26,32)(H,27,34)(H,28,36)(H,29,33)/t10-,11-,12?,13-,14?/m0/s1. The van der Waals surface area contributed by atoms with Crippen LogP contribution in [0.15, 0.2) is 11.0 Å². The zero-order valence-electron chi connectivity index (χ0n) is 20.8. The summed E-state index contributed by atoms with van der Waals surface area (Å²) in [5, 5.41) is 6.62. The van der Waals surface area contributed by atoms with E-state index in [1.807, 2.05) is 13.8 Å². The molecule has 1 saturated carbocycles. The molecule has 11 nitrogen and oxygen atoms in total. The van der Waals surface area contributed by atoms with Crippen LogP contribution < -0.4 is 21.9 Å². The summed E-state index contributed by atoms with van der Waals surface area (Å²) in [7, 11) is 1.50. The highest BCUT2D eigenvalue weighted by Gasteiger charge is 2.70. The number of aromatic amines is 1. The average Bonchev–Trinajstić information content (AvgIpc) is 3.04. The van der Waals surface area contributed by atoms with Crippen LogP contribution in [0.5, 0.6) is 0 Å². The van der Waals surface area contributed by atoms with E-state index in [1.165, 1.54) is 38.7 Å². The largest absolute Gasteiger partial charge is 0.471 e. The Morgan fingerprint density at radius 2 is 1.75 bits per heavy atom. The highest BCUT2D eigenvalue weighted by molar-refractivity contribution is 5.96. The Hall–Kier alpha value is -3.32. The van der Waals surface area contributed by atoms with Gasteiger partial charge in [-0.15, -0.1) is 0 Å². The number of rotatable bonds is 6. The van der Waals surface area contributed by atoms with Crippen molar-refractivity contribution in [1.29, 1.82) is 0 Å². The van der Waals surface area contributed by atoms with Crippen LogP contribution in [0.2, 0.25) is 0 Å². The van der Waals surface area contributed by atoms with Crippen molar-refractivity contribution in [3.05, 3.63) is 22.1 Å². The number of nitrogens with two attached hydrogens (primary N) is 1. The minimum atomic E-state index is -5.20. The number of nitrogens with one attached hydrogen (secondary N) is 3. The summed E-state index contributed by atoms with van der Waals surface area (Å²) in [4.78, 5) is 64.1. The lowest BCUT2D eigenvalue weighted by Crippen LogP contribution is -2.61. The van der Waals surface area contributed by atoms with Gasteiger partial charge in [0.05, 0.1) is 5.56 Å². The van der Waals surface area contributed by atoms with E-state index in [-0.39, 0.29) is 29.4 Å². The number of carbonyl (C=O) groups is 4. The number of primary amides is 1. The number of alkyl halides is 3. The van der Waals surface area contributed by atoms with Crippen LogP contribution in [0, 0.1) is 22.7 Å². The number of hydrogen-bond acceptors (Lipinski definition) is 5. The summed E-state index contributed by atoms with van der Waals surface area (Å²) < 4.78 is 40.1. The van der Waals surface area contributed by atoms with Crippen LogP contribution in [0.1, 0.15) is 46.2 Å². The molecule has 36 heavy (non-hydrogen) atoms. The Labute approximate surface area is 204 Å². The Morgan fingerprint density at radius 1 is 1.17 bits per heavy atom. The number of fused-ring (bicyclic) bond motifs is 1. The maximum absolute atomic E-state index is 13.5. The monoisotopic (exact) mass is 516 g/mol. The quantitative estimate of drug-likeness (QED) is 0.416. The predicted molar refractivity (Wildman–Crippen MR) is 120 cm³/mol. The summed E-state index contributed by atoms with van der Waals surface area (Å²) in [6, 6.07) is -4.22. The van der Waals surface area contributed by atoms with Crippen LogP contribution in [0.25, 0.3) is 0 Å². The van der Waals surface area contributed by atoms with Crippen LogP contribution in [0.4, 0.5) is 13.2 Å². The SMILES string of the molecule is Cn1cc(C(NC(=O)[C@@H]2[C@@H]3[C@H](CN2C(=O)C(NC(=O)C(F)(F)F)C(C)(C)C)C3(C)C)C(N)=O)c(=O)[nH]1. The molecule has 1 aliphatic carbocycles. The summed E-state index contributed by atoms with van der Waals surface area (Å²) in [5.74, 6) is -5.36. The number of nitrogens with zero attached hydrogens (tertiary/aromatic N) is 2. The fourth-order valence-corrected chi connectivity index (χ4v) is 5.10. The summed E-state index contributed by atoms with van der Waals surface area (Å²) >= 11 is 0. The van der Waals surface area contributed by atoms with Gasteiger partial charge in [-0.25, -0.2) is 0 Å². The number of amides is 4. The number of H-pyrrole nitrogens is 1. The Balaban J connectivity index is 1.92. The smallest absolute Gasteiger partial charge is 0.368 e. The van der Waals surface area contributed by atoms with Gasteiger partial charge in [0.25, 0.3) is 5.56 Å². The third-order valence-electron chi connectivity index (χ3n) is 7.16. The van der Waals surface area contributed by atoms with Gasteiger partial charge in [-0.2, -0.15) is 13.2 Å². The van der Waals surface area contributed by atoms with Gasteiger partial charge in [-0.1, -0.05) is 34.6 Å². The Morgan fingerprint density at radius 3 is 2.19 bits per heavy atom. The molecule has 2 aliphatic rings. The molecule has 2 unspecified atom stereocenters. The lowest BCUT2D eigenvalue weighted by molar-refractivity contribution is -0.176. The summed E-state index contributed by atoms with van der Waals surface area (Å²) in [6.07, 6.45) is -3.91. The van der Waals surface area contributed by atoms with E-state index in [4.69, 9.17) is 5.73 Å². The van der Waals surface area contributed by atoms with Crippen molar-refractivity contribution in [2.45, 2.75) is 58.9 Å². The Bertz CT molecular complexity index is 1150. The second kappa shape index (κ2) is 8.66. The third kappa shape index (κ3) is 4.85. The van der Waals surface area contributed by atoms with E-state index in [1.54, 1.807) is 5.32 Å². The van der Waals surface area contributed by atoms with E-state index in [0.717, 1.165) is 4.90 Å². The minimum Gasteiger partial charge on any atom is -0.368 e. The number of aromatic nitrogens is 2. The first-order valence-corrected chi connectivity index (χ1v) is 11.3. The van der Waals surface area contributed by atoms with E-state index in [0.29, 0.717) is 0 Å². The molecule has 2 heterocycles. The number of piperidine rings is 1. The van der Waals surface area contributed by atoms with E-state index in [2.05, 4.69) is 10.4 Å². The van der Waals surface area contributed by atoms with Gasteiger partial charge in [-0.3, -0.25) is 33.8 Å². The van der Waals surface area contributed by atoms with Gasteiger partial charge in [-0.05, 0) is 22.7 Å². The molecule has 200 valence electrons. The van der Waals surface area contributed by atoms with E-state index < -0.39 is 58.9 Å². The molecule has 0 bridgehead atoms. The summed E-state index contributed by atoms with van der Waals surface area (Å²) in [6.45, 7) is 8.35. The molecule has 4 amide bonds. The van der Waals surface area contributed by atoms with Crippen molar-refractivity contribution in [1.82, 2.24) is 25.3 Å². The van der Waals surface area contributed by atoms with Crippen molar-refractivity contribution in [3.8, 4) is 0 Å². The Kier molecular flexibility index (Phi) is 6.56. The maximum atomic E-state index is 13.5. The molecule has 0 radical (unpaired) electrons. The number of hydrogen-bond donors (Lipinski definition) is 4. The fourth-order valence-electron chi connectivity index (χ4n) is 5.10. The van der Waals surface area contributed by atoms with Crippen LogP contribution >= 0.6 is 0 Å². The average molecular weight is 517 g/mol. The van der Waals surface area contributed by atoms with Crippen LogP contribution in [-0.2, 0) is 26.2 Å². The predicted octanol–water partition coefficient (Wildman–Crippen LogP) is -0.0678. The molecule has 14 heteroatoms. The first-order chi connectivity index (χ1) is 16.3. The van der Waals surface area contributed by atoms with Gasteiger partial charge in [0.15, 0.2) is 0 Å². The first kappa shape index (κ1) is 27.3. The van der Waals surface area contributed by atoms with Gasteiger partial charge >= 0.3 is 12.1 Å². The molecule has 1 saturated heterocycles. The number of likely N-dealkylation sites (tertiary alicyclic amines) is 1. The zero-order valence-corrected chi connectivity index (χ0v) is 20.8. The van der Waals surface area contributed by atoms with Gasteiger partial charge in [0.2, 0.25) is 17.7 Å². The van der Waals surface area contributed by atoms with Crippen molar-refractivity contribution in [2.24, 2.45) is 35.4 Å². The maximum Gasteiger partial charge on any atom is 0.471 e. The molecule has 1 aliphatic heterocycles. The van der Waals surface area contributed by atoms with E-state index in [9.17, 15) is 37.1 Å². The van der Waals surface area contributed by atoms with Gasteiger partial charge < -0.3 is 21.3 Å². The second-order valence-corrected chi connectivity index (χ2v) is 11.1. The molecule has 5 atom stereocenters. The normalized spacial score (nSPS) is 24.5. The third-order valence-corrected chi connectivity index (χ3v) is 7.16. The van der Waals surface area contributed by atoms with Crippen molar-refractivity contribution in [2.75, 3.05) is 6.54 Å². The molecular formula is C22H31F3N6O5. The highest BCUT2D eigenvalue weighted by Crippen LogP contribution is 2.65. The van der Waals surface area contributed by atoms with Crippen molar-refractivity contribution in [3.63, 3.8) is 0 Å². The van der Waals surface area contributed by atoms with Crippen molar-refractivity contribution < 1.29 is 32.3 Å². The lowest BCUT2D eigenvalue weighted by atomic mass is 9.85. The molecular weight excluding hydrogens is 485 g/mol. The van der Waals surface area contributed by atoms with Crippen LogP contribution in [-0.4, -0.2) is 63.1 Å². The molecule has 1 aromatic heterocycles. The summed E-state index contributed by atoms with van der Waals surface area (Å²) in [5.41, 5.74) is 3.22. The van der Waals surface area contributed by atoms with E-state index >= 15 is 0 Å². The number of carbonyl (C=O) groups excluding carboxylic acids is 4. The molecule has 1 aromatic rings. The topological polar surface area (TPSA) is 159 Å². The van der Waals surface area contributed by atoms with Crippen molar-refractivity contribution >= 4 is 23.6 Å². The second-order valence-electron chi connectivity index (χ2n) is 11.1. The fraction of sp³-hybridized carbons (Fsp3) is 0.682. The molecule has 3 rings (SSSR count). The number of halogens is 3. The number of aryl methyl sites for hydroxylation is 1. The highest BCUT2D eigenvalue weighted by atomic mass is 19.4. The molecule has 0 spiro atoms. The van der Waals surface area contributed by atoms with Crippen LogP contribution in [0.3, 0.4) is 0 Å². The molecule has 5 N–H and O–H groups in total. The molecule has 0 aromatic carbocycles. The lowest BCUT2D eigenvalue weighted by Gasteiger charge is -2.37. The van der Waals surface area contributed by atoms with Gasteiger partial charge in [0.1, 0.15) is 18.1 Å². The minimum absolute atomic E-state index is 0.0796. The first-order valence-electron chi connectivity index (χ1n) is 11.3. The molecule has 2 fully saturated rings. The van der Waals surface area contributed by atoms with Gasteiger partial charge in [0, 0.05) is 19.8 Å².